The Morgan fingerprint density at radius 2 is 2.29 bits per heavy atom. The van der Waals surface area contributed by atoms with E-state index in [-0.39, 0.29) is 11.5 Å². The van der Waals surface area contributed by atoms with Crippen LogP contribution in [0.15, 0.2) is 0 Å². The van der Waals surface area contributed by atoms with E-state index in [0.29, 0.717) is 15.9 Å². The largest absolute Gasteiger partial charge is 0.464 e. The summed E-state index contributed by atoms with van der Waals surface area (Å²) in [4.78, 5) is 30.2. The van der Waals surface area contributed by atoms with Gasteiger partial charge in [0.25, 0.3) is 0 Å². The number of esters is 1. The Kier molecular flexibility index (Phi) is 5.30. The van der Waals surface area contributed by atoms with Crippen molar-refractivity contribution < 1.29 is 14.3 Å². The summed E-state index contributed by atoms with van der Waals surface area (Å²) in [5.41, 5.74) is 0.110. The molecule has 1 aromatic rings. The monoisotopic (exact) mass is 311 g/mol. The summed E-state index contributed by atoms with van der Waals surface area (Å²) < 4.78 is 4.67. The van der Waals surface area contributed by atoms with Gasteiger partial charge in [0.05, 0.1) is 7.11 Å². The van der Waals surface area contributed by atoms with Crippen LogP contribution in [0.5, 0.6) is 0 Å². The predicted molar refractivity (Wildman–Crippen MR) is 82.2 cm³/mol. The van der Waals surface area contributed by atoms with Gasteiger partial charge < -0.3 is 15.0 Å². The quantitative estimate of drug-likeness (QED) is 0.639. The van der Waals surface area contributed by atoms with E-state index in [1.165, 1.54) is 25.4 Å². The topological polar surface area (TPSA) is 71.5 Å². The number of likely N-dealkylation sites (tertiary alicyclic amines) is 1. The maximum Gasteiger partial charge on any atom is 0.358 e. The van der Waals surface area contributed by atoms with E-state index < -0.39 is 5.97 Å². The van der Waals surface area contributed by atoms with Crippen LogP contribution in [0, 0.1) is 5.92 Å². The molecular formula is C14H21N3O3S. The second kappa shape index (κ2) is 7.00. The lowest BCUT2D eigenvalue weighted by Gasteiger charge is -2.13. The summed E-state index contributed by atoms with van der Waals surface area (Å²) >= 11 is 1.22. The first kappa shape index (κ1) is 15.9. The molecule has 2 heterocycles. The van der Waals surface area contributed by atoms with Gasteiger partial charge in [-0.2, -0.15) is 0 Å². The second-order valence-electron chi connectivity index (χ2n) is 5.17. The third kappa shape index (κ3) is 3.79. The zero-order valence-electron chi connectivity index (χ0n) is 12.6. The average molecular weight is 311 g/mol. The number of methoxy groups -OCH3 is 1. The highest BCUT2D eigenvalue weighted by molar-refractivity contribution is 7.17. The van der Waals surface area contributed by atoms with Crippen LogP contribution in [0.25, 0.3) is 0 Å². The van der Waals surface area contributed by atoms with Gasteiger partial charge in [0.2, 0.25) is 0 Å². The van der Waals surface area contributed by atoms with E-state index in [9.17, 15) is 9.59 Å². The lowest BCUT2D eigenvalue weighted by molar-refractivity contribution is 0.0591. The fourth-order valence-corrected chi connectivity index (χ4v) is 3.32. The Hall–Kier alpha value is -1.47. The molecule has 0 spiro atoms. The number of anilines is 1. The molecule has 1 saturated heterocycles. The highest BCUT2D eigenvalue weighted by atomic mass is 32.1. The fourth-order valence-electron chi connectivity index (χ4n) is 2.47. The first-order chi connectivity index (χ1) is 10.0. The molecule has 1 aliphatic heterocycles. The van der Waals surface area contributed by atoms with Gasteiger partial charge in [-0.1, -0.05) is 18.3 Å². The molecule has 116 valence electrons. The van der Waals surface area contributed by atoms with Crippen LogP contribution in [-0.2, 0) is 4.74 Å². The molecule has 1 N–H and O–H groups in total. The zero-order valence-corrected chi connectivity index (χ0v) is 13.5. The number of ether oxygens (including phenoxy) is 1. The van der Waals surface area contributed by atoms with Crippen LogP contribution in [-0.4, -0.2) is 54.9 Å². The minimum Gasteiger partial charge on any atom is -0.464 e. The number of hydrogen-bond donors (Lipinski definition) is 1. The molecule has 0 radical (unpaired) electrons. The molecule has 0 aliphatic carbocycles. The van der Waals surface area contributed by atoms with Crippen LogP contribution < -0.4 is 5.32 Å². The van der Waals surface area contributed by atoms with Crippen LogP contribution in [0.3, 0.4) is 0 Å². The molecule has 0 bridgehead atoms. The molecule has 0 saturated carbocycles. The SMILES string of the molecule is CCN1CCC(CNc2nc(C(=O)OC)c(C(C)=O)s2)C1. The van der Waals surface area contributed by atoms with Gasteiger partial charge >= 0.3 is 5.97 Å². The van der Waals surface area contributed by atoms with Gasteiger partial charge in [-0.15, -0.1) is 0 Å². The Bertz CT molecular complexity index is 530. The summed E-state index contributed by atoms with van der Waals surface area (Å²) in [5, 5.41) is 3.85. The van der Waals surface area contributed by atoms with Gasteiger partial charge in [-0.3, -0.25) is 4.79 Å². The number of carbonyl (C=O) groups excluding carboxylic acids is 2. The summed E-state index contributed by atoms with van der Waals surface area (Å²) in [6.07, 6.45) is 1.16. The number of ketones is 1. The molecule has 7 heteroatoms. The molecular weight excluding hydrogens is 290 g/mol. The van der Waals surface area contributed by atoms with Crippen molar-refractivity contribution in [2.45, 2.75) is 20.3 Å². The van der Waals surface area contributed by atoms with Crippen LogP contribution in [0.2, 0.25) is 0 Å². The van der Waals surface area contributed by atoms with Crippen molar-refractivity contribution in [2.75, 3.05) is 38.6 Å². The van der Waals surface area contributed by atoms with Crippen molar-refractivity contribution in [2.24, 2.45) is 5.92 Å². The molecule has 1 unspecified atom stereocenters. The summed E-state index contributed by atoms with van der Waals surface area (Å²) in [6.45, 7) is 7.69. The summed E-state index contributed by atoms with van der Waals surface area (Å²) in [7, 11) is 1.29. The average Bonchev–Trinajstić information content (AvgIpc) is 3.10. The highest BCUT2D eigenvalue weighted by Gasteiger charge is 2.24. The van der Waals surface area contributed by atoms with Crippen molar-refractivity contribution >= 4 is 28.2 Å². The van der Waals surface area contributed by atoms with E-state index in [4.69, 9.17) is 0 Å². The molecule has 1 aromatic heterocycles. The van der Waals surface area contributed by atoms with Crippen molar-refractivity contribution in [3.63, 3.8) is 0 Å². The van der Waals surface area contributed by atoms with Crippen LogP contribution in [0.4, 0.5) is 5.13 Å². The number of nitrogens with zero attached hydrogens (tertiary/aromatic N) is 2. The van der Waals surface area contributed by atoms with Crippen LogP contribution >= 0.6 is 11.3 Å². The number of nitrogens with one attached hydrogen (secondary N) is 1. The van der Waals surface area contributed by atoms with Crippen LogP contribution in [0.1, 0.15) is 40.4 Å². The Labute approximate surface area is 128 Å². The van der Waals surface area contributed by atoms with E-state index in [1.54, 1.807) is 0 Å². The van der Waals surface area contributed by atoms with E-state index >= 15 is 0 Å². The van der Waals surface area contributed by atoms with E-state index in [1.807, 2.05) is 0 Å². The number of aromatic nitrogens is 1. The molecule has 1 fully saturated rings. The predicted octanol–water partition coefficient (Wildman–Crippen LogP) is 1.89. The fraction of sp³-hybridized carbons (Fsp3) is 0.643. The number of carbonyl (C=O) groups is 2. The Balaban J connectivity index is 2.01. The zero-order chi connectivity index (χ0) is 15.4. The second-order valence-corrected chi connectivity index (χ2v) is 6.17. The number of Topliss-reactive ketones (excluding diaryl/α,β-unsaturated/α-hetero) is 1. The normalized spacial score (nSPS) is 18.7. The number of rotatable bonds is 6. The minimum absolute atomic E-state index is 0.110. The van der Waals surface area contributed by atoms with Gasteiger partial charge in [0.1, 0.15) is 4.88 Å². The van der Waals surface area contributed by atoms with Gasteiger partial charge in [-0.05, 0) is 25.4 Å². The maximum absolute atomic E-state index is 11.6. The Morgan fingerprint density at radius 1 is 1.52 bits per heavy atom. The molecule has 21 heavy (non-hydrogen) atoms. The molecule has 0 aromatic carbocycles. The maximum atomic E-state index is 11.6. The minimum atomic E-state index is -0.567. The van der Waals surface area contributed by atoms with Crippen molar-refractivity contribution in [1.82, 2.24) is 9.88 Å². The van der Waals surface area contributed by atoms with Gasteiger partial charge in [0, 0.05) is 20.0 Å². The van der Waals surface area contributed by atoms with E-state index in [2.05, 4.69) is 26.9 Å². The standard InChI is InChI=1S/C14H21N3O3S/c1-4-17-6-5-10(8-17)7-15-14-16-11(13(19)20-3)12(21-14)9(2)18/h10H,4-8H2,1-3H3,(H,15,16). The first-order valence-electron chi connectivity index (χ1n) is 7.11. The van der Waals surface area contributed by atoms with Gasteiger partial charge in [0.15, 0.2) is 16.6 Å². The van der Waals surface area contributed by atoms with E-state index in [0.717, 1.165) is 32.6 Å². The lowest BCUT2D eigenvalue weighted by atomic mass is 10.1. The molecule has 6 nitrogen and oxygen atoms in total. The van der Waals surface area contributed by atoms with Gasteiger partial charge in [-0.25, -0.2) is 9.78 Å². The Morgan fingerprint density at radius 3 is 2.86 bits per heavy atom. The molecule has 1 aliphatic rings. The highest BCUT2D eigenvalue weighted by Crippen LogP contribution is 2.25. The van der Waals surface area contributed by atoms with Crippen molar-refractivity contribution in [1.29, 1.82) is 0 Å². The number of thiazole rings is 1. The molecule has 2 rings (SSSR count). The molecule has 1 atom stereocenters. The first-order valence-corrected chi connectivity index (χ1v) is 7.93. The molecule has 0 amide bonds. The summed E-state index contributed by atoms with van der Waals surface area (Å²) in [5.74, 6) is -0.155. The summed E-state index contributed by atoms with van der Waals surface area (Å²) in [6, 6.07) is 0. The third-order valence-electron chi connectivity index (χ3n) is 3.68. The lowest BCUT2D eigenvalue weighted by Crippen LogP contribution is -2.22. The third-order valence-corrected chi connectivity index (χ3v) is 4.80. The van der Waals surface area contributed by atoms with Crippen molar-refractivity contribution in [3.05, 3.63) is 10.6 Å². The van der Waals surface area contributed by atoms with Crippen molar-refractivity contribution in [3.8, 4) is 0 Å². The smallest absolute Gasteiger partial charge is 0.358 e. The number of hydrogen-bond acceptors (Lipinski definition) is 7.